The molecule has 0 bridgehead atoms. The van der Waals surface area contributed by atoms with Crippen molar-refractivity contribution < 1.29 is 8.78 Å². The summed E-state index contributed by atoms with van der Waals surface area (Å²) in [5.41, 5.74) is 0.0432. The van der Waals surface area contributed by atoms with E-state index in [0.717, 1.165) is 25.5 Å². The minimum atomic E-state index is -0.397. The Morgan fingerprint density at radius 1 is 1.36 bits per heavy atom. The molecule has 14 heavy (non-hydrogen) atoms. The first-order valence-corrected chi connectivity index (χ1v) is 4.82. The van der Waals surface area contributed by atoms with E-state index in [2.05, 4.69) is 5.32 Å². The third-order valence-corrected chi connectivity index (χ3v) is 2.89. The molecule has 76 valence electrons. The lowest BCUT2D eigenvalue weighted by atomic mass is 9.90. The zero-order chi connectivity index (χ0) is 10.2. The molecule has 0 aromatic heterocycles. The molecule has 1 unspecified atom stereocenters. The number of halogens is 2. The fraction of sp³-hybridized carbons (Fsp3) is 0.455. The molecule has 2 rings (SSSR count). The van der Waals surface area contributed by atoms with Gasteiger partial charge in [0.05, 0.1) is 0 Å². The van der Waals surface area contributed by atoms with Gasteiger partial charge in [0.25, 0.3) is 0 Å². The Labute approximate surface area is 82.1 Å². The van der Waals surface area contributed by atoms with Crippen molar-refractivity contribution in [3.8, 4) is 0 Å². The van der Waals surface area contributed by atoms with Crippen molar-refractivity contribution in [2.45, 2.75) is 25.3 Å². The average Bonchev–Trinajstić information content (AvgIpc) is 2.58. The van der Waals surface area contributed by atoms with Gasteiger partial charge in [0.15, 0.2) is 0 Å². The lowest BCUT2D eigenvalue weighted by molar-refractivity contribution is 0.407. The van der Waals surface area contributed by atoms with Crippen LogP contribution in [0.2, 0.25) is 0 Å². The minimum absolute atomic E-state index is 0.330. The van der Waals surface area contributed by atoms with E-state index in [-0.39, 0.29) is 11.6 Å². The van der Waals surface area contributed by atoms with Gasteiger partial charge >= 0.3 is 0 Å². The molecule has 3 heteroatoms. The van der Waals surface area contributed by atoms with Gasteiger partial charge in [0.1, 0.15) is 11.6 Å². The number of hydrogen-bond donors (Lipinski definition) is 1. The molecule has 0 aliphatic carbocycles. The highest BCUT2D eigenvalue weighted by Crippen LogP contribution is 2.32. The van der Waals surface area contributed by atoms with Crippen molar-refractivity contribution in [3.05, 3.63) is 35.4 Å². The van der Waals surface area contributed by atoms with Crippen molar-refractivity contribution in [1.29, 1.82) is 0 Å². The van der Waals surface area contributed by atoms with Gasteiger partial charge in [-0.1, -0.05) is 0 Å². The zero-order valence-corrected chi connectivity index (χ0v) is 8.11. The second-order valence-electron chi connectivity index (χ2n) is 3.99. The summed E-state index contributed by atoms with van der Waals surface area (Å²) in [7, 11) is 0. The Morgan fingerprint density at radius 3 is 2.79 bits per heavy atom. The van der Waals surface area contributed by atoms with E-state index in [0.29, 0.717) is 5.56 Å². The molecular formula is C11H13F2N. The molecular weight excluding hydrogens is 184 g/mol. The summed E-state index contributed by atoms with van der Waals surface area (Å²) in [5, 5.41) is 3.21. The molecule has 1 aliphatic heterocycles. The normalized spacial score (nSPS) is 26.8. The summed E-state index contributed by atoms with van der Waals surface area (Å²) in [4.78, 5) is 0. The van der Waals surface area contributed by atoms with Crippen molar-refractivity contribution in [2.24, 2.45) is 0 Å². The quantitative estimate of drug-likeness (QED) is 0.729. The van der Waals surface area contributed by atoms with Crippen LogP contribution in [0.1, 0.15) is 25.3 Å². The lowest BCUT2D eigenvalue weighted by Gasteiger charge is -2.25. The van der Waals surface area contributed by atoms with E-state index >= 15 is 0 Å². The van der Waals surface area contributed by atoms with Crippen molar-refractivity contribution in [2.75, 3.05) is 6.54 Å². The molecule has 1 atom stereocenters. The van der Waals surface area contributed by atoms with E-state index in [1.165, 1.54) is 12.1 Å². The predicted octanol–water partition coefficient (Wildman–Crippen LogP) is 2.56. The van der Waals surface area contributed by atoms with Gasteiger partial charge < -0.3 is 5.32 Å². The Bertz CT molecular complexity index is 343. The van der Waals surface area contributed by atoms with Crippen LogP contribution in [-0.4, -0.2) is 6.54 Å². The van der Waals surface area contributed by atoms with Crippen LogP contribution in [0.15, 0.2) is 18.2 Å². The lowest BCUT2D eigenvalue weighted by Crippen LogP contribution is -2.34. The molecule has 1 aliphatic rings. The van der Waals surface area contributed by atoms with E-state index in [1.807, 2.05) is 6.92 Å². The fourth-order valence-electron chi connectivity index (χ4n) is 2.04. The second-order valence-corrected chi connectivity index (χ2v) is 3.99. The monoisotopic (exact) mass is 197 g/mol. The molecule has 1 N–H and O–H groups in total. The third kappa shape index (κ3) is 1.52. The predicted molar refractivity (Wildman–Crippen MR) is 50.9 cm³/mol. The SMILES string of the molecule is CC1(c2cc(F)ccc2F)CCCN1. The first kappa shape index (κ1) is 9.59. The van der Waals surface area contributed by atoms with Crippen LogP contribution in [0.4, 0.5) is 8.78 Å². The summed E-state index contributed by atoms with van der Waals surface area (Å²) >= 11 is 0. The van der Waals surface area contributed by atoms with Gasteiger partial charge in [-0.05, 0) is 44.5 Å². The highest BCUT2D eigenvalue weighted by molar-refractivity contribution is 5.27. The standard InChI is InChI=1S/C11H13F2N/c1-11(5-2-6-14-11)9-7-8(12)3-4-10(9)13/h3-4,7,14H,2,5-6H2,1H3. The van der Waals surface area contributed by atoms with E-state index in [4.69, 9.17) is 0 Å². The first-order valence-electron chi connectivity index (χ1n) is 4.82. The maximum atomic E-state index is 13.5. The molecule has 0 amide bonds. The summed E-state index contributed by atoms with van der Waals surface area (Å²) in [6.07, 6.45) is 1.86. The average molecular weight is 197 g/mol. The summed E-state index contributed by atoms with van der Waals surface area (Å²) in [5.74, 6) is -0.709. The topological polar surface area (TPSA) is 12.0 Å². The van der Waals surface area contributed by atoms with E-state index in [1.54, 1.807) is 0 Å². The van der Waals surface area contributed by atoms with Crippen LogP contribution in [-0.2, 0) is 5.54 Å². The van der Waals surface area contributed by atoms with Gasteiger partial charge in [0, 0.05) is 11.1 Å². The number of benzene rings is 1. The Kier molecular flexibility index (Phi) is 2.27. The maximum Gasteiger partial charge on any atom is 0.128 e. The second kappa shape index (κ2) is 3.31. The number of rotatable bonds is 1. The largest absolute Gasteiger partial charge is 0.308 e. The maximum absolute atomic E-state index is 13.5. The Hall–Kier alpha value is -0.960. The van der Waals surface area contributed by atoms with Gasteiger partial charge in [-0.15, -0.1) is 0 Å². The van der Waals surface area contributed by atoms with Gasteiger partial charge in [-0.3, -0.25) is 0 Å². The molecule has 1 nitrogen and oxygen atoms in total. The van der Waals surface area contributed by atoms with Crippen LogP contribution in [0.25, 0.3) is 0 Å². The van der Waals surface area contributed by atoms with Crippen LogP contribution in [0, 0.1) is 11.6 Å². The molecule has 1 saturated heterocycles. The highest BCUT2D eigenvalue weighted by atomic mass is 19.1. The van der Waals surface area contributed by atoms with Crippen molar-refractivity contribution in [3.63, 3.8) is 0 Å². The van der Waals surface area contributed by atoms with Gasteiger partial charge in [-0.25, -0.2) is 8.78 Å². The fourth-order valence-corrected chi connectivity index (χ4v) is 2.04. The van der Waals surface area contributed by atoms with E-state index in [9.17, 15) is 8.78 Å². The van der Waals surface area contributed by atoms with Crippen LogP contribution < -0.4 is 5.32 Å². The first-order chi connectivity index (χ1) is 6.62. The molecule has 0 saturated carbocycles. The number of nitrogens with one attached hydrogen (secondary N) is 1. The smallest absolute Gasteiger partial charge is 0.128 e. The van der Waals surface area contributed by atoms with Crippen LogP contribution in [0.3, 0.4) is 0 Å². The molecule has 1 aromatic rings. The summed E-state index contributed by atoms with van der Waals surface area (Å²) in [6, 6.07) is 3.63. The summed E-state index contributed by atoms with van der Waals surface area (Å²) in [6.45, 7) is 2.78. The van der Waals surface area contributed by atoms with E-state index < -0.39 is 5.54 Å². The van der Waals surface area contributed by atoms with Crippen molar-refractivity contribution >= 4 is 0 Å². The molecule has 1 aromatic carbocycles. The van der Waals surface area contributed by atoms with Crippen LogP contribution >= 0.6 is 0 Å². The summed E-state index contributed by atoms with van der Waals surface area (Å²) < 4.78 is 26.4. The number of hydrogen-bond acceptors (Lipinski definition) is 1. The minimum Gasteiger partial charge on any atom is -0.308 e. The van der Waals surface area contributed by atoms with Crippen molar-refractivity contribution in [1.82, 2.24) is 5.32 Å². The zero-order valence-electron chi connectivity index (χ0n) is 8.11. The van der Waals surface area contributed by atoms with Gasteiger partial charge in [0.2, 0.25) is 0 Å². The Morgan fingerprint density at radius 2 is 2.14 bits per heavy atom. The third-order valence-electron chi connectivity index (χ3n) is 2.89. The molecule has 0 radical (unpaired) electrons. The van der Waals surface area contributed by atoms with Crippen LogP contribution in [0.5, 0.6) is 0 Å². The molecule has 1 fully saturated rings. The molecule has 0 spiro atoms. The Balaban J connectivity index is 2.44. The molecule has 1 heterocycles. The highest BCUT2D eigenvalue weighted by Gasteiger charge is 2.32. The van der Waals surface area contributed by atoms with Gasteiger partial charge in [-0.2, -0.15) is 0 Å².